The van der Waals surface area contributed by atoms with Crippen molar-refractivity contribution in [2.24, 2.45) is 11.3 Å². The summed E-state index contributed by atoms with van der Waals surface area (Å²) in [6, 6.07) is 12.5. The molecule has 7 nitrogen and oxygen atoms in total. The minimum absolute atomic E-state index is 0.0347. The molecule has 2 fully saturated rings. The van der Waals surface area contributed by atoms with Crippen molar-refractivity contribution in [1.29, 1.82) is 0 Å². The van der Waals surface area contributed by atoms with Gasteiger partial charge in [0.05, 0.1) is 12.1 Å². The van der Waals surface area contributed by atoms with Crippen LogP contribution in [0.15, 0.2) is 48.2 Å². The van der Waals surface area contributed by atoms with Crippen molar-refractivity contribution >= 4 is 29.5 Å². The van der Waals surface area contributed by atoms with Gasteiger partial charge in [0.1, 0.15) is 25.9 Å². The number of hydrogen-bond acceptors (Lipinski definition) is 5. The number of carbonyl (C=O) groups excluding carboxylic acids is 2. The van der Waals surface area contributed by atoms with E-state index in [0.717, 1.165) is 30.4 Å². The zero-order valence-electron chi connectivity index (χ0n) is 23.0. The molecule has 0 bridgehead atoms. The van der Waals surface area contributed by atoms with Gasteiger partial charge in [-0.3, -0.25) is 9.59 Å². The van der Waals surface area contributed by atoms with E-state index in [2.05, 4.69) is 26.1 Å². The first-order chi connectivity index (χ1) is 18.6. The maximum Gasteiger partial charge on any atom is 0.289 e. The minimum atomic E-state index is -0.266. The highest BCUT2D eigenvalue weighted by Gasteiger charge is 2.46. The summed E-state index contributed by atoms with van der Waals surface area (Å²) in [5, 5.41) is 3.70. The fourth-order valence-electron chi connectivity index (χ4n) is 5.73. The summed E-state index contributed by atoms with van der Waals surface area (Å²) in [6.07, 6.45) is 4.26. The monoisotopic (exact) mass is 552 g/mol. The molecule has 0 spiro atoms. The summed E-state index contributed by atoms with van der Waals surface area (Å²) in [7, 11) is 0. The Kier molecular flexibility index (Phi) is 7.81. The Morgan fingerprint density at radius 1 is 1.10 bits per heavy atom. The van der Waals surface area contributed by atoms with E-state index in [4.69, 9.17) is 25.8 Å². The molecule has 1 saturated heterocycles. The van der Waals surface area contributed by atoms with Crippen LogP contribution in [-0.2, 0) is 14.3 Å². The van der Waals surface area contributed by atoms with Gasteiger partial charge in [0.25, 0.3) is 5.91 Å². The molecule has 39 heavy (non-hydrogen) atoms. The first-order valence-electron chi connectivity index (χ1n) is 13.7. The third-order valence-corrected chi connectivity index (χ3v) is 8.31. The number of halogens is 1. The number of nitrogens with one attached hydrogen (secondary N) is 1. The second kappa shape index (κ2) is 11.1. The van der Waals surface area contributed by atoms with Gasteiger partial charge in [-0.05, 0) is 79.0 Å². The number of rotatable bonds is 5. The minimum Gasteiger partial charge on any atom is -0.486 e. The van der Waals surface area contributed by atoms with Gasteiger partial charge in [0.2, 0.25) is 5.91 Å². The molecule has 3 aliphatic rings. The SMILES string of the molecule is CC(NC(=O)CN1C(=O)/C(=C\c2ccc(Cl)cc2)OC2CCC(C(C)(C)C)CC21)c1ccc2c(c1)OCCO2. The summed E-state index contributed by atoms with van der Waals surface area (Å²) >= 11 is 6.04. The molecular formula is C31H37ClN2O5. The lowest BCUT2D eigenvalue weighted by molar-refractivity contribution is -0.154. The molecule has 1 saturated carbocycles. The average molecular weight is 553 g/mol. The Morgan fingerprint density at radius 3 is 2.54 bits per heavy atom. The largest absolute Gasteiger partial charge is 0.486 e. The number of ether oxygens (including phenoxy) is 3. The van der Waals surface area contributed by atoms with Crippen LogP contribution in [0.2, 0.25) is 5.02 Å². The summed E-state index contributed by atoms with van der Waals surface area (Å²) in [6.45, 7) is 9.63. The lowest BCUT2D eigenvalue weighted by Gasteiger charge is -2.48. The smallest absolute Gasteiger partial charge is 0.289 e. The van der Waals surface area contributed by atoms with E-state index in [-0.39, 0.29) is 47.7 Å². The van der Waals surface area contributed by atoms with Gasteiger partial charge in [-0.2, -0.15) is 0 Å². The number of amides is 2. The molecule has 5 rings (SSSR count). The molecule has 0 aromatic heterocycles. The first kappa shape index (κ1) is 27.4. The fourth-order valence-corrected chi connectivity index (χ4v) is 5.85. The Bertz CT molecular complexity index is 1250. The van der Waals surface area contributed by atoms with E-state index in [1.54, 1.807) is 23.1 Å². The molecule has 1 N–H and O–H groups in total. The Hall–Kier alpha value is -3.19. The Labute approximate surface area is 235 Å². The van der Waals surface area contributed by atoms with Crippen LogP contribution in [0.5, 0.6) is 11.5 Å². The van der Waals surface area contributed by atoms with Gasteiger partial charge >= 0.3 is 0 Å². The molecule has 0 radical (unpaired) electrons. The molecular weight excluding hydrogens is 516 g/mol. The number of fused-ring (bicyclic) bond motifs is 2. The van der Waals surface area contributed by atoms with Crippen molar-refractivity contribution in [2.75, 3.05) is 19.8 Å². The second-order valence-electron chi connectivity index (χ2n) is 11.8. The summed E-state index contributed by atoms with van der Waals surface area (Å²) in [5.74, 6) is 1.61. The summed E-state index contributed by atoms with van der Waals surface area (Å²) in [4.78, 5) is 28.8. The lowest BCUT2D eigenvalue weighted by Crippen LogP contribution is -2.58. The molecule has 2 aliphatic heterocycles. The standard InChI is InChI=1S/C31H37ClN2O5/c1-19(21-7-11-26-27(16-21)38-14-13-37-26)33-29(35)18-34-24-17-22(31(2,3)4)8-12-25(24)39-28(30(34)36)15-20-5-9-23(32)10-6-20/h5-7,9-11,15-16,19,22,24-25H,8,12-14,17-18H2,1-4H3,(H,33,35)/b28-15+. The van der Waals surface area contributed by atoms with Crippen LogP contribution in [0.1, 0.15) is 64.1 Å². The number of nitrogens with zero attached hydrogens (tertiary/aromatic N) is 1. The topological polar surface area (TPSA) is 77.1 Å². The van der Waals surface area contributed by atoms with E-state index in [9.17, 15) is 9.59 Å². The highest BCUT2D eigenvalue weighted by molar-refractivity contribution is 6.30. The van der Waals surface area contributed by atoms with Crippen molar-refractivity contribution < 1.29 is 23.8 Å². The number of carbonyl (C=O) groups is 2. The molecule has 8 heteroatoms. The third-order valence-electron chi connectivity index (χ3n) is 8.06. The Balaban J connectivity index is 1.35. The van der Waals surface area contributed by atoms with Crippen molar-refractivity contribution in [3.63, 3.8) is 0 Å². The van der Waals surface area contributed by atoms with Crippen LogP contribution in [0, 0.1) is 11.3 Å². The zero-order chi connectivity index (χ0) is 27.7. The maximum atomic E-state index is 13.8. The number of benzene rings is 2. The summed E-state index contributed by atoms with van der Waals surface area (Å²) < 4.78 is 17.6. The number of hydrogen-bond donors (Lipinski definition) is 1. The van der Waals surface area contributed by atoms with Crippen LogP contribution in [0.25, 0.3) is 6.08 Å². The van der Waals surface area contributed by atoms with E-state index >= 15 is 0 Å². The van der Waals surface area contributed by atoms with Crippen molar-refractivity contribution in [1.82, 2.24) is 10.2 Å². The molecule has 4 atom stereocenters. The zero-order valence-corrected chi connectivity index (χ0v) is 23.8. The van der Waals surface area contributed by atoms with E-state index < -0.39 is 0 Å². The molecule has 208 valence electrons. The predicted molar refractivity (Wildman–Crippen MR) is 151 cm³/mol. The molecule has 2 heterocycles. The highest BCUT2D eigenvalue weighted by Crippen LogP contribution is 2.43. The second-order valence-corrected chi connectivity index (χ2v) is 12.2. The molecule has 2 aromatic carbocycles. The predicted octanol–water partition coefficient (Wildman–Crippen LogP) is 5.77. The average Bonchev–Trinajstić information content (AvgIpc) is 2.91. The van der Waals surface area contributed by atoms with Crippen LogP contribution >= 0.6 is 11.6 Å². The van der Waals surface area contributed by atoms with E-state index in [1.807, 2.05) is 37.3 Å². The maximum absolute atomic E-state index is 13.8. The van der Waals surface area contributed by atoms with Crippen molar-refractivity contribution in [3.05, 3.63) is 64.4 Å². The van der Waals surface area contributed by atoms with Gasteiger partial charge in [-0.1, -0.05) is 50.6 Å². The van der Waals surface area contributed by atoms with Gasteiger partial charge < -0.3 is 24.4 Å². The van der Waals surface area contributed by atoms with Crippen molar-refractivity contribution in [3.8, 4) is 11.5 Å². The summed E-state index contributed by atoms with van der Waals surface area (Å²) in [5.41, 5.74) is 1.84. The van der Waals surface area contributed by atoms with E-state index in [1.165, 1.54) is 0 Å². The molecule has 2 aromatic rings. The normalized spacial score (nSPS) is 24.5. The molecule has 1 aliphatic carbocycles. The molecule has 2 amide bonds. The van der Waals surface area contributed by atoms with Gasteiger partial charge in [0, 0.05) is 5.02 Å². The highest BCUT2D eigenvalue weighted by atomic mass is 35.5. The van der Waals surface area contributed by atoms with Gasteiger partial charge in [-0.15, -0.1) is 0 Å². The van der Waals surface area contributed by atoms with Crippen LogP contribution in [-0.4, -0.2) is 48.6 Å². The van der Waals surface area contributed by atoms with Crippen LogP contribution in [0.3, 0.4) is 0 Å². The lowest BCUT2D eigenvalue weighted by atomic mass is 9.69. The van der Waals surface area contributed by atoms with Crippen LogP contribution < -0.4 is 14.8 Å². The molecule has 4 unspecified atom stereocenters. The van der Waals surface area contributed by atoms with Gasteiger partial charge in [0.15, 0.2) is 17.3 Å². The number of morpholine rings is 1. The quantitative estimate of drug-likeness (QED) is 0.476. The van der Waals surface area contributed by atoms with E-state index in [0.29, 0.717) is 35.7 Å². The first-order valence-corrected chi connectivity index (χ1v) is 14.1. The van der Waals surface area contributed by atoms with Gasteiger partial charge in [-0.25, -0.2) is 0 Å². The Morgan fingerprint density at radius 2 is 1.82 bits per heavy atom. The van der Waals surface area contributed by atoms with Crippen LogP contribution in [0.4, 0.5) is 0 Å². The fraction of sp³-hybridized carbons (Fsp3) is 0.484. The van der Waals surface area contributed by atoms with Crippen molar-refractivity contribution in [2.45, 2.75) is 65.1 Å². The third kappa shape index (κ3) is 6.19.